The number of carbonyl (C=O) groups excluding carboxylic acids is 2. The molecular formula is C23H15Cl2FN2O2. The third-order valence-electron chi connectivity index (χ3n) is 4.71. The Morgan fingerprint density at radius 2 is 1.53 bits per heavy atom. The van der Waals surface area contributed by atoms with Crippen LogP contribution in [0.25, 0.3) is 5.57 Å². The van der Waals surface area contributed by atoms with Crippen molar-refractivity contribution in [2.45, 2.75) is 6.92 Å². The zero-order valence-electron chi connectivity index (χ0n) is 15.7. The first-order chi connectivity index (χ1) is 14.4. The lowest BCUT2D eigenvalue weighted by Crippen LogP contribution is -2.32. The van der Waals surface area contributed by atoms with Gasteiger partial charge in [0.15, 0.2) is 0 Å². The van der Waals surface area contributed by atoms with E-state index < -0.39 is 17.6 Å². The summed E-state index contributed by atoms with van der Waals surface area (Å²) in [7, 11) is 0. The van der Waals surface area contributed by atoms with Crippen LogP contribution in [-0.4, -0.2) is 11.8 Å². The Bertz CT molecular complexity index is 1190. The Balaban J connectivity index is 1.84. The molecule has 1 N–H and O–H groups in total. The molecule has 30 heavy (non-hydrogen) atoms. The summed E-state index contributed by atoms with van der Waals surface area (Å²) in [5.41, 5.74) is 2.52. The van der Waals surface area contributed by atoms with E-state index in [9.17, 15) is 14.0 Å². The fourth-order valence-electron chi connectivity index (χ4n) is 3.20. The number of halogens is 3. The maximum atomic E-state index is 13.4. The van der Waals surface area contributed by atoms with Gasteiger partial charge in [-0.3, -0.25) is 9.59 Å². The summed E-state index contributed by atoms with van der Waals surface area (Å²) < 4.78 is 13.3. The van der Waals surface area contributed by atoms with Crippen molar-refractivity contribution >= 4 is 52.0 Å². The Labute approximate surface area is 182 Å². The molecule has 1 aliphatic rings. The van der Waals surface area contributed by atoms with Crippen LogP contribution in [-0.2, 0) is 9.59 Å². The molecule has 0 radical (unpaired) electrons. The van der Waals surface area contributed by atoms with E-state index in [1.807, 2.05) is 19.1 Å². The van der Waals surface area contributed by atoms with E-state index in [0.29, 0.717) is 11.3 Å². The van der Waals surface area contributed by atoms with Crippen LogP contribution in [0, 0.1) is 12.7 Å². The number of aryl methyl sites for hydroxylation is 1. The second-order valence-corrected chi connectivity index (χ2v) is 7.55. The molecule has 1 aliphatic heterocycles. The maximum Gasteiger partial charge on any atom is 0.282 e. The first-order valence-electron chi connectivity index (χ1n) is 9.03. The number of nitrogens with zero attached hydrogens (tertiary/aromatic N) is 1. The summed E-state index contributed by atoms with van der Waals surface area (Å²) in [6, 6.07) is 17.5. The topological polar surface area (TPSA) is 49.4 Å². The van der Waals surface area contributed by atoms with E-state index in [-0.39, 0.29) is 27.0 Å². The molecule has 3 aromatic rings. The number of rotatable bonds is 4. The van der Waals surface area contributed by atoms with Gasteiger partial charge in [0.1, 0.15) is 11.5 Å². The van der Waals surface area contributed by atoms with Gasteiger partial charge in [0.25, 0.3) is 11.8 Å². The molecule has 3 aromatic carbocycles. The molecule has 0 fully saturated rings. The lowest BCUT2D eigenvalue weighted by molar-refractivity contribution is -0.120. The first kappa shape index (κ1) is 20.1. The van der Waals surface area contributed by atoms with Crippen LogP contribution in [0.2, 0.25) is 10.0 Å². The van der Waals surface area contributed by atoms with Gasteiger partial charge in [0.2, 0.25) is 0 Å². The van der Waals surface area contributed by atoms with Gasteiger partial charge in [-0.15, -0.1) is 0 Å². The molecule has 0 saturated carbocycles. The molecule has 0 spiro atoms. The number of nitrogens with one attached hydrogen (secondary N) is 1. The van der Waals surface area contributed by atoms with E-state index in [1.165, 1.54) is 24.3 Å². The monoisotopic (exact) mass is 440 g/mol. The van der Waals surface area contributed by atoms with Crippen LogP contribution in [0.5, 0.6) is 0 Å². The molecule has 0 saturated heterocycles. The zero-order valence-corrected chi connectivity index (χ0v) is 17.3. The fourth-order valence-corrected chi connectivity index (χ4v) is 3.58. The average molecular weight is 441 g/mol. The van der Waals surface area contributed by atoms with Crippen molar-refractivity contribution < 1.29 is 14.0 Å². The molecule has 150 valence electrons. The van der Waals surface area contributed by atoms with Gasteiger partial charge in [-0.05, 0) is 48.9 Å². The third-order valence-corrected chi connectivity index (χ3v) is 5.52. The van der Waals surface area contributed by atoms with E-state index in [1.54, 1.807) is 30.3 Å². The van der Waals surface area contributed by atoms with Gasteiger partial charge < -0.3 is 5.32 Å². The van der Waals surface area contributed by atoms with Crippen molar-refractivity contribution in [3.8, 4) is 0 Å². The molecule has 2 amide bonds. The normalized spacial score (nSPS) is 13.9. The van der Waals surface area contributed by atoms with Crippen LogP contribution in [0.4, 0.5) is 15.8 Å². The SMILES string of the molecule is Cc1ccc(C2=C(Nc3ccc(F)cc3)C(=O)N(c3cccc(Cl)c3Cl)C2=O)cc1. The number of carbonyl (C=O) groups is 2. The molecule has 0 aliphatic carbocycles. The quantitative estimate of drug-likeness (QED) is 0.518. The lowest BCUT2D eigenvalue weighted by Gasteiger charge is -2.17. The zero-order chi connectivity index (χ0) is 21.4. The van der Waals surface area contributed by atoms with Crippen LogP contribution in [0.15, 0.2) is 72.4 Å². The van der Waals surface area contributed by atoms with Gasteiger partial charge in [-0.1, -0.05) is 59.1 Å². The molecule has 7 heteroatoms. The van der Waals surface area contributed by atoms with E-state index in [0.717, 1.165) is 10.5 Å². The van der Waals surface area contributed by atoms with Crippen LogP contribution in [0.1, 0.15) is 11.1 Å². The molecule has 1 heterocycles. The Kier molecular flexibility index (Phi) is 5.33. The Hall–Kier alpha value is -3.15. The highest BCUT2D eigenvalue weighted by Gasteiger charge is 2.41. The molecule has 0 bridgehead atoms. The molecule has 0 atom stereocenters. The minimum absolute atomic E-state index is 0.0755. The summed E-state index contributed by atoms with van der Waals surface area (Å²) in [6.07, 6.45) is 0. The van der Waals surface area contributed by atoms with Gasteiger partial charge in [0.05, 0.1) is 21.3 Å². The number of amides is 2. The highest BCUT2D eigenvalue weighted by atomic mass is 35.5. The number of anilines is 2. The van der Waals surface area contributed by atoms with Gasteiger partial charge in [-0.25, -0.2) is 9.29 Å². The number of hydrogen-bond donors (Lipinski definition) is 1. The molecule has 4 nitrogen and oxygen atoms in total. The summed E-state index contributed by atoms with van der Waals surface area (Å²) >= 11 is 12.4. The van der Waals surface area contributed by atoms with E-state index in [4.69, 9.17) is 23.2 Å². The number of benzene rings is 3. The molecule has 4 rings (SSSR count). The standard InChI is InChI=1S/C23H15Cl2FN2O2/c1-13-5-7-14(8-6-13)19-21(27-16-11-9-15(26)10-12-16)23(30)28(22(19)29)18-4-2-3-17(24)20(18)25/h2-12,27H,1H3. The minimum Gasteiger partial charge on any atom is -0.350 e. The van der Waals surface area contributed by atoms with Crippen molar-refractivity contribution in [2.75, 3.05) is 10.2 Å². The highest BCUT2D eigenvalue weighted by Crippen LogP contribution is 2.39. The Morgan fingerprint density at radius 1 is 0.867 bits per heavy atom. The fraction of sp³-hybridized carbons (Fsp3) is 0.0435. The van der Waals surface area contributed by atoms with Crippen LogP contribution in [0.3, 0.4) is 0 Å². The summed E-state index contributed by atoms with van der Waals surface area (Å²) in [5, 5.41) is 3.30. The third kappa shape index (κ3) is 3.58. The van der Waals surface area contributed by atoms with Crippen molar-refractivity contribution in [1.29, 1.82) is 0 Å². The van der Waals surface area contributed by atoms with Gasteiger partial charge >= 0.3 is 0 Å². The second kappa shape index (κ2) is 7.94. The summed E-state index contributed by atoms with van der Waals surface area (Å²) in [6.45, 7) is 1.93. The predicted octanol–water partition coefficient (Wildman–Crippen LogP) is 5.84. The smallest absolute Gasteiger partial charge is 0.282 e. The van der Waals surface area contributed by atoms with Crippen molar-refractivity contribution in [3.05, 3.63) is 99.4 Å². The second-order valence-electron chi connectivity index (χ2n) is 6.77. The first-order valence-corrected chi connectivity index (χ1v) is 9.79. The summed E-state index contributed by atoms with van der Waals surface area (Å²) in [5.74, 6) is -1.52. The minimum atomic E-state index is -0.580. The van der Waals surface area contributed by atoms with E-state index in [2.05, 4.69) is 5.32 Å². The molecule has 0 aromatic heterocycles. The largest absolute Gasteiger partial charge is 0.350 e. The van der Waals surface area contributed by atoms with Crippen LogP contribution >= 0.6 is 23.2 Å². The number of imide groups is 1. The van der Waals surface area contributed by atoms with Crippen LogP contribution < -0.4 is 10.2 Å². The van der Waals surface area contributed by atoms with E-state index >= 15 is 0 Å². The van der Waals surface area contributed by atoms with Crippen molar-refractivity contribution in [2.24, 2.45) is 0 Å². The Morgan fingerprint density at radius 3 is 2.20 bits per heavy atom. The lowest BCUT2D eigenvalue weighted by atomic mass is 10.0. The average Bonchev–Trinajstić information content (AvgIpc) is 2.96. The van der Waals surface area contributed by atoms with Gasteiger partial charge in [0, 0.05) is 5.69 Å². The van der Waals surface area contributed by atoms with Crippen molar-refractivity contribution in [1.82, 2.24) is 0 Å². The maximum absolute atomic E-state index is 13.4. The van der Waals surface area contributed by atoms with Gasteiger partial charge in [-0.2, -0.15) is 0 Å². The molecule has 0 unspecified atom stereocenters. The van der Waals surface area contributed by atoms with Crippen molar-refractivity contribution in [3.63, 3.8) is 0 Å². The molecular weight excluding hydrogens is 426 g/mol. The highest BCUT2D eigenvalue weighted by molar-refractivity contribution is 6.50. The predicted molar refractivity (Wildman–Crippen MR) is 117 cm³/mol. The summed E-state index contributed by atoms with van der Waals surface area (Å²) in [4.78, 5) is 27.7. The number of hydrogen-bond acceptors (Lipinski definition) is 3.